The molecule has 0 spiro atoms. The fourth-order valence-electron chi connectivity index (χ4n) is 2.13. The standard InChI is InChI=1S/C16H20N2O3/c1-3-4-8-17-15(19)11-18-9-7-12-10-13(21-2)5-6-14(12)16(18)20/h5-7,9-10H,3-4,8,11H2,1-2H3,(H,17,19). The van der Waals surface area contributed by atoms with Gasteiger partial charge in [0.25, 0.3) is 5.56 Å². The second-order valence-electron chi connectivity index (χ2n) is 4.91. The SMILES string of the molecule is CCCCNC(=O)Cn1ccc2cc(OC)ccc2c1=O. The van der Waals surface area contributed by atoms with Gasteiger partial charge in [-0.1, -0.05) is 13.3 Å². The van der Waals surface area contributed by atoms with E-state index in [9.17, 15) is 9.59 Å². The van der Waals surface area contributed by atoms with Crippen molar-refractivity contribution in [1.29, 1.82) is 0 Å². The van der Waals surface area contributed by atoms with E-state index in [2.05, 4.69) is 12.2 Å². The highest BCUT2D eigenvalue weighted by Crippen LogP contribution is 2.17. The molecule has 1 heterocycles. The number of fused-ring (bicyclic) bond motifs is 1. The lowest BCUT2D eigenvalue weighted by molar-refractivity contribution is -0.121. The Morgan fingerprint density at radius 2 is 2.14 bits per heavy atom. The summed E-state index contributed by atoms with van der Waals surface area (Å²) >= 11 is 0. The molecule has 112 valence electrons. The topological polar surface area (TPSA) is 60.3 Å². The number of nitrogens with one attached hydrogen (secondary N) is 1. The summed E-state index contributed by atoms with van der Waals surface area (Å²) in [6, 6.07) is 7.10. The number of carbonyl (C=O) groups is 1. The molecule has 5 nitrogen and oxygen atoms in total. The summed E-state index contributed by atoms with van der Waals surface area (Å²) < 4.78 is 6.57. The zero-order valence-electron chi connectivity index (χ0n) is 12.4. The van der Waals surface area contributed by atoms with E-state index in [1.54, 1.807) is 25.4 Å². The van der Waals surface area contributed by atoms with Gasteiger partial charge < -0.3 is 14.6 Å². The molecule has 1 amide bonds. The number of carbonyl (C=O) groups excluding carboxylic acids is 1. The number of hydrogen-bond acceptors (Lipinski definition) is 3. The van der Waals surface area contributed by atoms with Gasteiger partial charge in [-0.3, -0.25) is 9.59 Å². The molecule has 1 aromatic carbocycles. The lowest BCUT2D eigenvalue weighted by Crippen LogP contribution is -2.32. The second kappa shape index (κ2) is 6.92. The molecule has 2 aromatic rings. The van der Waals surface area contributed by atoms with E-state index >= 15 is 0 Å². The minimum atomic E-state index is -0.166. The largest absolute Gasteiger partial charge is 0.497 e. The van der Waals surface area contributed by atoms with Crippen LogP contribution in [0, 0.1) is 0 Å². The highest BCUT2D eigenvalue weighted by Gasteiger charge is 2.07. The number of rotatable bonds is 6. The van der Waals surface area contributed by atoms with Crippen LogP contribution in [0.1, 0.15) is 19.8 Å². The van der Waals surface area contributed by atoms with Crippen molar-refractivity contribution in [2.45, 2.75) is 26.3 Å². The molecule has 0 radical (unpaired) electrons. The Kier molecular flexibility index (Phi) is 4.98. The fourth-order valence-corrected chi connectivity index (χ4v) is 2.13. The summed E-state index contributed by atoms with van der Waals surface area (Å²) in [5.41, 5.74) is -0.166. The van der Waals surface area contributed by atoms with Gasteiger partial charge in [0.1, 0.15) is 12.3 Å². The van der Waals surface area contributed by atoms with Crippen LogP contribution in [0.5, 0.6) is 5.75 Å². The number of benzene rings is 1. The predicted molar refractivity (Wildman–Crippen MR) is 82.7 cm³/mol. The molecule has 1 aromatic heterocycles. The molecule has 0 aliphatic carbocycles. The highest BCUT2D eigenvalue weighted by molar-refractivity contribution is 5.83. The molecule has 0 atom stereocenters. The number of methoxy groups -OCH3 is 1. The van der Waals surface area contributed by atoms with Crippen LogP contribution in [0.3, 0.4) is 0 Å². The third kappa shape index (κ3) is 3.62. The summed E-state index contributed by atoms with van der Waals surface area (Å²) in [6.45, 7) is 2.76. The van der Waals surface area contributed by atoms with Crippen LogP contribution in [-0.4, -0.2) is 24.1 Å². The van der Waals surface area contributed by atoms with E-state index in [0.29, 0.717) is 17.7 Å². The molecule has 0 bridgehead atoms. The molecule has 0 unspecified atom stereocenters. The third-order valence-electron chi connectivity index (χ3n) is 3.35. The van der Waals surface area contributed by atoms with Crippen molar-refractivity contribution in [3.8, 4) is 5.75 Å². The number of unbranched alkanes of at least 4 members (excludes halogenated alkanes) is 1. The van der Waals surface area contributed by atoms with Gasteiger partial charge in [-0.15, -0.1) is 0 Å². The molecule has 21 heavy (non-hydrogen) atoms. The van der Waals surface area contributed by atoms with Crippen LogP contribution < -0.4 is 15.6 Å². The molecule has 0 aliphatic rings. The van der Waals surface area contributed by atoms with Crippen molar-refractivity contribution in [2.24, 2.45) is 0 Å². The van der Waals surface area contributed by atoms with Crippen molar-refractivity contribution < 1.29 is 9.53 Å². The van der Waals surface area contributed by atoms with Crippen molar-refractivity contribution in [1.82, 2.24) is 9.88 Å². The van der Waals surface area contributed by atoms with Crippen molar-refractivity contribution in [3.63, 3.8) is 0 Å². The molecule has 0 saturated carbocycles. The zero-order valence-corrected chi connectivity index (χ0v) is 12.4. The van der Waals surface area contributed by atoms with Gasteiger partial charge in [0.15, 0.2) is 0 Å². The first-order valence-corrected chi connectivity index (χ1v) is 7.09. The predicted octanol–water partition coefficient (Wildman–Crippen LogP) is 1.93. The Balaban J connectivity index is 2.20. The molecule has 0 saturated heterocycles. The van der Waals surface area contributed by atoms with Crippen molar-refractivity contribution in [2.75, 3.05) is 13.7 Å². The maximum atomic E-state index is 12.3. The highest BCUT2D eigenvalue weighted by atomic mass is 16.5. The smallest absolute Gasteiger partial charge is 0.258 e. The van der Waals surface area contributed by atoms with E-state index < -0.39 is 0 Å². The maximum Gasteiger partial charge on any atom is 0.258 e. The van der Waals surface area contributed by atoms with E-state index in [-0.39, 0.29) is 18.0 Å². The van der Waals surface area contributed by atoms with Gasteiger partial charge in [-0.25, -0.2) is 0 Å². The van der Waals surface area contributed by atoms with E-state index in [1.165, 1.54) is 4.57 Å². The Hall–Kier alpha value is -2.30. The molecule has 1 N–H and O–H groups in total. The average Bonchev–Trinajstić information content (AvgIpc) is 2.50. The summed E-state index contributed by atoms with van der Waals surface area (Å²) in [7, 11) is 1.59. The summed E-state index contributed by atoms with van der Waals surface area (Å²) in [5, 5.41) is 4.20. The molecule has 0 fully saturated rings. The van der Waals surface area contributed by atoms with Gasteiger partial charge in [0.2, 0.25) is 5.91 Å². The zero-order chi connectivity index (χ0) is 15.2. The van der Waals surface area contributed by atoms with Gasteiger partial charge in [-0.05, 0) is 36.1 Å². The van der Waals surface area contributed by atoms with Gasteiger partial charge in [-0.2, -0.15) is 0 Å². The molecule has 2 rings (SSSR count). The number of hydrogen-bond donors (Lipinski definition) is 1. The van der Waals surface area contributed by atoms with Crippen molar-refractivity contribution >= 4 is 16.7 Å². The fraction of sp³-hybridized carbons (Fsp3) is 0.375. The molecular weight excluding hydrogens is 268 g/mol. The quantitative estimate of drug-likeness (QED) is 0.826. The number of pyridine rings is 1. The monoisotopic (exact) mass is 288 g/mol. The van der Waals surface area contributed by atoms with Gasteiger partial charge in [0.05, 0.1) is 7.11 Å². The summed E-state index contributed by atoms with van der Waals surface area (Å²) in [4.78, 5) is 24.1. The Morgan fingerprint density at radius 3 is 2.86 bits per heavy atom. The molecule has 5 heteroatoms. The van der Waals surface area contributed by atoms with E-state index in [4.69, 9.17) is 4.74 Å². The average molecular weight is 288 g/mol. The van der Waals surface area contributed by atoms with Gasteiger partial charge in [0, 0.05) is 18.1 Å². The first kappa shape index (κ1) is 15.1. The van der Waals surface area contributed by atoms with Crippen molar-refractivity contribution in [3.05, 3.63) is 40.8 Å². The first-order chi connectivity index (χ1) is 10.2. The number of amides is 1. The van der Waals surface area contributed by atoms with Crippen LogP contribution in [0.4, 0.5) is 0 Å². The van der Waals surface area contributed by atoms with Crippen LogP contribution in [-0.2, 0) is 11.3 Å². The third-order valence-corrected chi connectivity index (χ3v) is 3.35. The first-order valence-electron chi connectivity index (χ1n) is 7.09. The van der Waals surface area contributed by atoms with Crippen LogP contribution in [0.2, 0.25) is 0 Å². The van der Waals surface area contributed by atoms with Crippen LogP contribution >= 0.6 is 0 Å². The number of nitrogens with zero attached hydrogens (tertiary/aromatic N) is 1. The Labute approximate surface area is 123 Å². The van der Waals surface area contributed by atoms with E-state index in [0.717, 1.165) is 18.2 Å². The van der Waals surface area contributed by atoms with Gasteiger partial charge >= 0.3 is 0 Å². The minimum Gasteiger partial charge on any atom is -0.497 e. The van der Waals surface area contributed by atoms with Crippen LogP contribution in [0.15, 0.2) is 35.3 Å². The lowest BCUT2D eigenvalue weighted by Gasteiger charge is -2.09. The Morgan fingerprint density at radius 1 is 1.33 bits per heavy atom. The van der Waals surface area contributed by atoms with Crippen LogP contribution in [0.25, 0.3) is 10.8 Å². The maximum absolute atomic E-state index is 12.3. The van der Waals surface area contributed by atoms with E-state index in [1.807, 2.05) is 12.1 Å². The molecular formula is C16H20N2O3. The Bertz CT molecular complexity index is 691. The normalized spacial score (nSPS) is 10.6. The summed E-state index contributed by atoms with van der Waals surface area (Å²) in [5.74, 6) is 0.565. The number of aromatic nitrogens is 1. The number of ether oxygens (including phenoxy) is 1. The second-order valence-corrected chi connectivity index (χ2v) is 4.91. The molecule has 0 aliphatic heterocycles. The summed E-state index contributed by atoms with van der Waals surface area (Å²) in [6.07, 6.45) is 3.61. The minimum absolute atomic E-state index is 0.0461. The lowest BCUT2D eigenvalue weighted by atomic mass is 10.1.